The van der Waals surface area contributed by atoms with Crippen molar-refractivity contribution in [2.45, 2.75) is 26.3 Å². The molecular formula is C19H20N2OS. The Morgan fingerprint density at radius 1 is 1.17 bits per heavy atom. The van der Waals surface area contributed by atoms with Crippen LogP contribution in [0.4, 0.5) is 0 Å². The van der Waals surface area contributed by atoms with Gasteiger partial charge < -0.3 is 4.90 Å². The van der Waals surface area contributed by atoms with Crippen LogP contribution in [0.2, 0.25) is 0 Å². The first-order valence-electron chi connectivity index (χ1n) is 7.72. The van der Waals surface area contributed by atoms with Crippen molar-refractivity contribution in [2.24, 2.45) is 0 Å². The number of hydrogen-bond donors (Lipinski definition) is 0. The Hall–Kier alpha value is -2.20. The lowest BCUT2D eigenvalue weighted by Crippen LogP contribution is -2.31. The van der Waals surface area contributed by atoms with E-state index in [1.165, 1.54) is 0 Å². The lowest BCUT2D eigenvalue weighted by molar-refractivity contribution is -0.131. The average Bonchev–Trinajstić information content (AvgIpc) is 2.99. The number of para-hydroxylation sites is 1. The molecule has 0 unspecified atom stereocenters. The predicted molar refractivity (Wildman–Crippen MR) is 95.7 cm³/mol. The van der Waals surface area contributed by atoms with Gasteiger partial charge in [0.1, 0.15) is 5.01 Å². The summed E-state index contributed by atoms with van der Waals surface area (Å²) in [4.78, 5) is 19.1. The van der Waals surface area contributed by atoms with Gasteiger partial charge in [0.25, 0.3) is 0 Å². The number of fused-ring (bicyclic) bond motifs is 1. The number of aromatic nitrogens is 1. The van der Waals surface area contributed by atoms with Gasteiger partial charge >= 0.3 is 0 Å². The van der Waals surface area contributed by atoms with Crippen LogP contribution < -0.4 is 0 Å². The van der Waals surface area contributed by atoms with E-state index in [0.717, 1.165) is 26.4 Å². The summed E-state index contributed by atoms with van der Waals surface area (Å²) in [6, 6.07) is 16.1. The van der Waals surface area contributed by atoms with Crippen LogP contribution in [0, 0.1) is 6.92 Å². The van der Waals surface area contributed by atoms with Crippen molar-refractivity contribution in [2.75, 3.05) is 7.05 Å². The second kappa shape index (κ2) is 6.50. The molecule has 23 heavy (non-hydrogen) atoms. The maximum Gasteiger partial charge on any atom is 0.227 e. The van der Waals surface area contributed by atoms with Crippen molar-refractivity contribution in [3.63, 3.8) is 0 Å². The molecule has 3 nitrogen and oxygen atoms in total. The number of amides is 1. The second-order valence-electron chi connectivity index (χ2n) is 5.80. The molecule has 0 bridgehead atoms. The Morgan fingerprint density at radius 3 is 2.61 bits per heavy atom. The van der Waals surface area contributed by atoms with E-state index in [-0.39, 0.29) is 11.9 Å². The number of benzene rings is 2. The molecule has 118 valence electrons. The van der Waals surface area contributed by atoms with Crippen LogP contribution in [0.3, 0.4) is 0 Å². The monoisotopic (exact) mass is 324 g/mol. The van der Waals surface area contributed by atoms with E-state index in [0.29, 0.717) is 6.42 Å². The first-order chi connectivity index (χ1) is 11.1. The normalized spacial score (nSPS) is 12.3. The van der Waals surface area contributed by atoms with Gasteiger partial charge in [-0.3, -0.25) is 4.79 Å². The van der Waals surface area contributed by atoms with E-state index in [4.69, 9.17) is 0 Å². The molecule has 2 aromatic carbocycles. The van der Waals surface area contributed by atoms with E-state index in [2.05, 4.69) is 11.1 Å². The van der Waals surface area contributed by atoms with Gasteiger partial charge in [-0.2, -0.15) is 0 Å². The lowest BCUT2D eigenvalue weighted by atomic mass is 10.1. The quantitative estimate of drug-likeness (QED) is 0.714. The third-order valence-corrected chi connectivity index (χ3v) is 5.45. The van der Waals surface area contributed by atoms with Crippen LogP contribution in [0.5, 0.6) is 0 Å². The molecule has 0 N–H and O–H groups in total. The van der Waals surface area contributed by atoms with E-state index in [9.17, 15) is 4.79 Å². The molecule has 4 heteroatoms. The third-order valence-electron chi connectivity index (χ3n) is 4.25. The van der Waals surface area contributed by atoms with Gasteiger partial charge in [0.15, 0.2) is 0 Å². The zero-order valence-electron chi connectivity index (χ0n) is 13.6. The second-order valence-corrected chi connectivity index (χ2v) is 6.87. The predicted octanol–water partition coefficient (Wildman–Crippen LogP) is 4.37. The summed E-state index contributed by atoms with van der Waals surface area (Å²) < 4.78 is 1.16. The van der Waals surface area contributed by atoms with Crippen molar-refractivity contribution in [1.29, 1.82) is 0 Å². The van der Waals surface area contributed by atoms with Gasteiger partial charge in [-0.05, 0) is 37.1 Å². The highest BCUT2D eigenvalue weighted by Crippen LogP contribution is 2.29. The number of nitrogens with zero attached hydrogens (tertiary/aromatic N) is 2. The minimum absolute atomic E-state index is 0.0241. The standard InChI is InChI=1S/C19H20N2OS/c1-13-8-4-5-9-15(13)12-18(22)21(3)14(2)19-20-16-10-6-7-11-17(16)23-19/h4-11,14H,12H2,1-3H3/t14-/m1/s1. The van der Waals surface area contributed by atoms with Gasteiger partial charge in [-0.15, -0.1) is 11.3 Å². The van der Waals surface area contributed by atoms with E-state index in [1.54, 1.807) is 16.2 Å². The maximum atomic E-state index is 12.6. The van der Waals surface area contributed by atoms with E-state index < -0.39 is 0 Å². The van der Waals surface area contributed by atoms with Gasteiger partial charge in [0, 0.05) is 7.05 Å². The fourth-order valence-corrected chi connectivity index (χ4v) is 3.61. The summed E-state index contributed by atoms with van der Waals surface area (Å²) in [6.07, 6.45) is 0.429. The molecule has 0 saturated carbocycles. The molecule has 0 saturated heterocycles. The molecule has 0 aliphatic heterocycles. The zero-order chi connectivity index (χ0) is 16.4. The van der Waals surface area contributed by atoms with Crippen LogP contribution in [-0.2, 0) is 11.2 Å². The minimum Gasteiger partial charge on any atom is -0.336 e. The molecule has 1 amide bonds. The van der Waals surface area contributed by atoms with Crippen molar-refractivity contribution >= 4 is 27.5 Å². The molecule has 0 aliphatic rings. The zero-order valence-corrected chi connectivity index (χ0v) is 14.4. The van der Waals surface area contributed by atoms with Crippen LogP contribution in [0.1, 0.15) is 29.1 Å². The highest BCUT2D eigenvalue weighted by molar-refractivity contribution is 7.18. The van der Waals surface area contributed by atoms with Crippen molar-refractivity contribution < 1.29 is 4.79 Å². The Labute approximate surface area is 140 Å². The number of carbonyl (C=O) groups excluding carboxylic acids is 1. The lowest BCUT2D eigenvalue weighted by Gasteiger charge is -2.23. The number of aryl methyl sites for hydroxylation is 1. The van der Waals surface area contributed by atoms with E-state index in [1.807, 2.05) is 63.4 Å². The Balaban J connectivity index is 1.77. The maximum absolute atomic E-state index is 12.6. The summed E-state index contributed by atoms with van der Waals surface area (Å²) in [5.41, 5.74) is 3.24. The Morgan fingerprint density at radius 2 is 1.87 bits per heavy atom. The summed E-state index contributed by atoms with van der Waals surface area (Å²) in [5.74, 6) is 0.117. The smallest absolute Gasteiger partial charge is 0.227 e. The van der Waals surface area contributed by atoms with Gasteiger partial charge in [-0.25, -0.2) is 4.98 Å². The molecule has 0 fully saturated rings. The molecule has 0 aliphatic carbocycles. The molecule has 3 aromatic rings. The van der Waals surface area contributed by atoms with E-state index >= 15 is 0 Å². The molecule has 0 radical (unpaired) electrons. The number of carbonyl (C=O) groups is 1. The van der Waals surface area contributed by atoms with Crippen molar-refractivity contribution in [1.82, 2.24) is 9.88 Å². The van der Waals surface area contributed by atoms with Crippen LogP contribution >= 0.6 is 11.3 Å². The first-order valence-corrected chi connectivity index (χ1v) is 8.53. The van der Waals surface area contributed by atoms with Crippen molar-refractivity contribution in [3.8, 4) is 0 Å². The molecule has 1 aromatic heterocycles. The molecule has 1 atom stereocenters. The van der Waals surface area contributed by atoms with Gasteiger partial charge in [0.05, 0.1) is 22.7 Å². The third kappa shape index (κ3) is 3.27. The topological polar surface area (TPSA) is 33.2 Å². The number of hydrogen-bond acceptors (Lipinski definition) is 3. The van der Waals surface area contributed by atoms with Crippen LogP contribution in [0.25, 0.3) is 10.2 Å². The molecule has 1 heterocycles. The molecule has 3 rings (SSSR count). The fourth-order valence-electron chi connectivity index (χ4n) is 2.55. The largest absolute Gasteiger partial charge is 0.336 e. The summed E-state index contributed by atoms with van der Waals surface area (Å²) >= 11 is 1.66. The Kier molecular flexibility index (Phi) is 4.44. The summed E-state index contributed by atoms with van der Waals surface area (Å²) in [6.45, 7) is 4.08. The number of rotatable bonds is 4. The fraction of sp³-hybridized carbons (Fsp3) is 0.263. The molecular weight excluding hydrogens is 304 g/mol. The summed E-state index contributed by atoms with van der Waals surface area (Å²) in [7, 11) is 1.86. The minimum atomic E-state index is -0.0241. The average molecular weight is 324 g/mol. The molecule has 0 spiro atoms. The van der Waals surface area contributed by atoms with Crippen LogP contribution in [-0.4, -0.2) is 22.8 Å². The highest BCUT2D eigenvalue weighted by Gasteiger charge is 2.21. The Bertz CT molecular complexity index is 807. The first kappa shape index (κ1) is 15.7. The number of thiazole rings is 1. The SMILES string of the molecule is Cc1ccccc1CC(=O)N(C)[C@H](C)c1nc2ccccc2s1. The van der Waals surface area contributed by atoms with Gasteiger partial charge in [0.2, 0.25) is 5.91 Å². The summed E-state index contributed by atoms with van der Waals surface area (Å²) in [5, 5.41) is 0.979. The number of likely N-dealkylation sites (N-methyl/N-ethyl adjacent to an activating group) is 1. The van der Waals surface area contributed by atoms with Crippen LogP contribution in [0.15, 0.2) is 48.5 Å². The van der Waals surface area contributed by atoms with Crippen molar-refractivity contribution in [3.05, 3.63) is 64.7 Å². The highest BCUT2D eigenvalue weighted by atomic mass is 32.1. The van der Waals surface area contributed by atoms with Gasteiger partial charge in [-0.1, -0.05) is 36.4 Å².